The molecule has 0 radical (unpaired) electrons. The molecule has 1 N–H and O–H groups in total. The van der Waals surface area contributed by atoms with E-state index in [0.717, 1.165) is 6.08 Å². The molecule has 4 heteroatoms. The Morgan fingerprint density at radius 3 is 2.80 bits per heavy atom. The van der Waals surface area contributed by atoms with Crippen molar-refractivity contribution in [3.8, 4) is 5.75 Å². The lowest BCUT2D eigenvalue weighted by atomic mass is 10.2. The number of aliphatic carboxylic acids is 1. The van der Waals surface area contributed by atoms with Crippen molar-refractivity contribution in [1.29, 1.82) is 0 Å². The first kappa shape index (κ1) is 11.0. The first-order valence-electron chi connectivity index (χ1n) is 4.30. The van der Waals surface area contributed by atoms with Crippen LogP contribution in [0.5, 0.6) is 5.75 Å². The Balaban J connectivity index is 2.57. The van der Waals surface area contributed by atoms with Gasteiger partial charge in [-0.3, -0.25) is 4.79 Å². The molecular formula is C11H10O4. The molecule has 0 aliphatic heterocycles. The number of aldehydes is 1. The van der Waals surface area contributed by atoms with E-state index in [2.05, 4.69) is 0 Å². The van der Waals surface area contributed by atoms with Crippen molar-refractivity contribution in [2.75, 3.05) is 6.61 Å². The second kappa shape index (κ2) is 5.59. The SMILES string of the molecule is O=Cc1ccccc1OCC=CC(=O)O. The summed E-state index contributed by atoms with van der Waals surface area (Å²) in [5.74, 6) is -0.579. The van der Waals surface area contributed by atoms with E-state index >= 15 is 0 Å². The van der Waals surface area contributed by atoms with Crippen LogP contribution in [0.4, 0.5) is 0 Å². The predicted octanol–water partition coefficient (Wildman–Crippen LogP) is 1.52. The number of carboxylic acids is 1. The Kier molecular flexibility index (Phi) is 4.09. The summed E-state index contributed by atoms with van der Waals surface area (Å²) in [5.41, 5.74) is 0.446. The quantitative estimate of drug-likeness (QED) is 0.586. The Hall–Kier alpha value is -2.10. The number of benzene rings is 1. The fraction of sp³-hybridized carbons (Fsp3) is 0.0909. The van der Waals surface area contributed by atoms with Crippen LogP contribution in [0.3, 0.4) is 0 Å². The van der Waals surface area contributed by atoms with E-state index in [1.54, 1.807) is 24.3 Å². The van der Waals surface area contributed by atoms with Crippen molar-refractivity contribution in [2.45, 2.75) is 0 Å². The average molecular weight is 206 g/mol. The summed E-state index contributed by atoms with van der Waals surface area (Å²) in [5, 5.41) is 8.31. The molecule has 15 heavy (non-hydrogen) atoms. The lowest BCUT2D eigenvalue weighted by Gasteiger charge is -2.04. The minimum atomic E-state index is -1.03. The monoisotopic (exact) mass is 206 g/mol. The Morgan fingerprint density at radius 1 is 1.40 bits per heavy atom. The molecule has 0 atom stereocenters. The molecule has 0 aliphatic rings. The van der Waals surface area contributed by atoms with Crippen LogP contribution in [0.1, 0.15) is 10.4 Å². The summed E-state index contributed by atoms with van der Waals surface area (Å²) >= 11 is 0. The summed E-state index contributed by atoms with van der Waals surface area (Å²) in [4.78, 5) is 20.7. The van der Waals surface area contributed by atoms with Crippen molar-refractivity contribution in [3.05, 3.63) is 42.0 Å². The molecule has 0 spiro atoms. The maximum absolute atomic E-state index is 10.6. The number of hydrogen-bond acceptors (Lipinski definition) is 3. The third kappa shape index (κ3) is 3.64. The van der Waals surface area contributed by atoms with Crippen LogP contribution in [-0.4, -0.2) is 24.0 Å². The van der Waals surface area contributed by atoms with Crippen LogP contribution in [-0.2, 0) is 4.79 Å². The average Bonchev–Trinajstić information content (AvgIpc) is 2.24. The van der Waals surface area contributed by atoms with Gasteiger partial charge in [0.25, 0.3) is 0 Å². The summed E-state index contributed by atoms with van der Waals surface area (Å²) < 4.78 is 5.20. The van der Waals surface area contributed by atoms with Gasteiger partial charge in [0, 0.05) is 6.08 Å². The molecule has 1 rings (SSSR count). The molecule has 0 amide bonds. The third-order valence-electron chi connectivity index (χ3n) is 1.64. The van der Waals surface area contributed by atoms with E-state index in [1.807, 2.05) is 0 Å². The first-order chi connectivity index (χ1) is 7.24. The van der Waals surface area contributed by atoms with E-state index in [9.17, 15) is 9.59 Å². The zero-order valence-electron chi connectivity index (χ0n) is 7.92. The fourth-order valence-corrected chi connectivity index (χ4v) is 0.996. The van der Waals surface area contributed by atoms with Crippen LogP contribution >= 0.6 is 0 Å². The molecule has 0 aliphatic carbocycles. The number of ether oxygens (including phenoxy) is 1. The van der Waals surface area contributed by atoms with Crippen molar-refractivity contribution in [3.63, 3.8) is 0 Å². The van der Waals surface area contributed by atoms with E-state index in [4.69, 9.17) is 9.84 Å². The van der Waals surface area contributed by atoms with E-state index < -0.39 is 5.97 Å². The molecular weight excluding hydrogens is 196 g/mol. The Bertz CT molecular complexity index is 382. The minimum absolute atomic E-state index is 0.122. The molecule has 0 bridgehead atoms. The molecule has 1 aromatic carbocycles. The number of para-hydroxylation sites is 1. The van der Waals surface area contributed by atoms with Crippen LogP contribution < -0.4 is 4.74 Å². The third-order valence-corrected chi connectivity index (χ3v) is 1.64. The zero-order valence-corrected chi connectivity index (χ0v) is 7.92. The normalized spacial score (nSPS) is 10.1. The van der Waals surface area contributed by atoms with Crippen molar-refractivity contribution >= 4 is 12.3 Å². The van der Waals surface area contributed by atoms with Gasteiger partial charge in [-0.25, -0.2) is 4.79 Å². The largest absolute Gasteiger partial charge is 0.489 e. The molecule has 0 aromatic heterocycles. The van der Waals surface area contributed by atoms with Crippen molar-refractivity contribution < 1.29 is 19.4 Å². The van der Waals surface area contributed by atoms with Gasteiger partial charge in [0.15, 0.2) is 6.29 Å². The van der Waals surface area contributed by atoms with Gasteiger partial charge < -0.3 is 9.84 Å². The van der Waals surface area contributed by atoms with Gasteiger partial charge in [0.05, 0.1) is 5.56 Å². The van der Waals surface area contributed by atoms with E-state index in [0.29, 0.717) is 17.6 Å². The number of carboxylic acid groups (broad SMARTS) is 1. The lowest BCUT2D eigenvalue weighted by molar-refractivity contribution is -0.131. The highest BCUT2D eigenvalue weighted by molar-refractivity contribution is 5.80. The maximum atomic E-state index is 10.6. The van der Waals surface area contributed by atoms with Gasteiger partial charge in [-0.2, -0.15) is 0 Å². The van der Waals surface area contributed by atoms with Crippen LogP contribution in [0.2, 0.25) is 0 Å². The van der Waals surface area contributed by atoms with E-state index in [1.165, 1.54) is 6.08 Å². The molecule has 0 saturated carbocycles. The predicted molar refractivity (Wildman–Crippen MR) is 54.1 cm³/mol. The Morgan fingerprint density at radius 2 is 2.13 bits per heavy atom. The van der Waals surface area contributed by atoms with Crippen LogP contribution in [0, 0.1) is 0 Å². The highest BCUT2D eigenvalue weighted by atomic mass is 16.5. The summed E-state index contributed by atoms with van der Waals surface area (Å²) in [6.45, 7) is 0.122. The summed E-state index contributed by atoms with van der Waals surface area (Å²) in [7, 11) is 0. The summed E-state index contributed by atoms with van der Waals surface area (Å²) in [6.07, 6.45) is 3.05. The number of carbonyl (C=O) groups excluding carboxylic acids is 1. The van der Waals surface area contributed by atoms with Gasteiger partial charge >= 0.3 is 5.97 Å². The minimum Gasteiger partial charge on any atom is -0.489 e. The second-order valence-corrected chi connectivity index (χ2v) is 2.71. The van der Waals surface area contributed by atoms with Gasteiger partial charge in [0.1, 0.15) is 12.4 Å². The van der Waals surface area contributed by atoms with Gasteiger partial charge in [-0.05, 0) is 18.2 Å². The van der Waals surface area contributed by atoms with Gasteiger partial charge in [-0.1, -0.05) is 12.1 Å². The highest BCUT2D eigenvalue weighted by Gasteiger charge is 1.99. The van der Waals surface area contributed by atoms with Gasteiger partial charge in [0.2, 0.25) is 0 Å². The van der Waals surface area contributed by atoms with Crippen molar-refractivity contribution in [1.82, 2.24) is 0 Å². The fourth-order valence-electron chi connectivity index (χ4n) is 0.996. The number of rotatable bonds is 5. The van der Waals surface area contributed by atoms with Gasteiger partial charge in [-0.15, -0.1) is 0 Å². The smallest absolute Gasteiger partial charge is 0.328 e. The number of carbonyl (C=O) groups is 2. The molecule has 0 fully saturated rings. The van der Waals surface area contributed by atoms with Crippen LogP contribution in [0.25, 0.3) is 0 Å². The maximum Gasteiger partial charge on any atom is 0.328 e. The van der Waals surface area contributed by atoms with Crippen LogP contribution in [0.15, 0.2) is 36.4 Å². The molecule has 78 valence electrons. The van der Waals surface area contributed by atoms with E-state index in [-0.39, 0.29) is 6.61 Å². The second-order valence-electron chi connectivity index (χ2n) is 2.71. The molecule has 0 unspecified atom stereocenters. The highest BCUT2D eigenvalue weighted by Crippen LogP contribution is 2.15. The Labute approximate surface area is 86.8 Å². The standard InChI is InChI=1S/C11H10O4/c12-8-9-4-1-2-5-10(9)15-7-3-6-11(13)14/h1-6,8H,7H2,(H,13,14). The lowest BCUT2D eigenvalue weighted by Crippen LogP contribution is -1.98. The topological polar surface area (TPSA) is 63.6 Å². The molecule has 0 saturated heterocycles. The zero-order chi connectivity index (χ0) is 11.1. The molecule has 0 heterocycles. The van der Waals surface area contributed by atoms with Crippen molar-refractivity contribution in [2.24, 2.45) is 0 Å². The summed E-state index contributed by atoms with van der Waals surface area (Å²) in [6, 6.07) is 6.74. The number of hydrogen-bond donors (Lipinski definition) is 1. The molecule has 1 aromatic rings. The first-order valence-corrected chi connectivity index (χ1v) is 4.30. The molecule has 4 nitrogen and oxygen atoms in total.